The lowest BCUT2D eigenvalue weighted by molar-refractivity contribution is -0.118. The van der Waals surface area contributed by atoms with Crippen LogP contribution in [0.15, 0.2) is 34.8 Å². The van der Waals surface area contributed by atoms with Gasteiger partial charge >= 0.3 is 0 Å². The van der Waals surface area contributed by atoms with Crippen LogP contribution in [0.25, 0.3) is 0 Å². The summed E-state index contributed by atoms with van der Waals surface area (Å²) in [5, 5.41) is 13.4. The Morgan fingerprint density at radius 2 is 2.17 bits per heavy atom. The highest BCUT2D eigenvalue weighted by atomic mass is 16.3. The zero-order valence-corrected chi connectivity index (χ0v) is 14.2. The first kappa shape index (κ1) is 16.9. The van der Waals surface area contributed by atoms with Crippen LogP contribution in [0, 0.1) is 11.8 Å². The third kappa shape index (κ3) is 3.42. The standard InChI is InChI=1S/C19H25N3O2/c1-11(2)15-8-16(18(24)9-17(15)23)19(20)22-14-4-3-12-5-6-21-10-13(12)7-14/h3-4,7-8,11,15,17,21,23H,5-6,9-10H2,1-2H3,(H2,20,22). The molecule has 1 heterocycles. The zero-order chi connectivity index (χ0) is 17.3. The number of carbonyl (C=O) groups excluding carboxylic acids is 1. The van der Waals surface area contributed by atoms with Crippen LogP contribution in [0.2, 0.25) is 0 Å². The first-order valence-electron chi connectivity index (χ1n) is 8.56. The summed E-state index contributed by atoms with van der Waals surface area (Å²) in [6.45, 7) is 5.89. The molecule has 5 heteroatoms. The molecule has 1 aliphatic carbocycles. The molecule has 2 atom stereocenters. The Kier molecular flexibility index (Phi) is 4.83. The summed E-state index contributed by atoms with van der Waals surface area (Å²) in [7, 11) is 0. The summed E-state index contributed by atoms with van der Waals surface area (Å²) in [6.07, 6.45) is 2.29. The molecule has 0 saturated heterocycles. The van der Waals surface area contributed by atoms with Gasteiger partial charge in [0.15, 0.2) is 5.78 Å². The molecule has 3 rings (SSSR count). The second kappa shape index (κ2) is 6.87. The van der Waals surface area contributed by atoms with Gasteiger partial charge in [0.2, 0.25) is 0 Å². The van der Waals surface area contributed by atoms with E-state index in [9.17, 15) is 9.90 Å². The van der Waals surface area contributed by atoms with Gasteiger partial charge in [-0.05, 0) is 42.1 Å². The number of nitrogens with zero attached hydrogens (tertiary/aromatic N) is 1. The number of fused-ring (bicyclic) bond motifs is 1. The molecule has 24 heavy (non-hydrogen) atoms. The number of Topliss-reactive ketones (excluding diaryl/α,β-unsaturated/α-hetero) is 1. The number of hydrogen-bond donors (Lipinski definition) is 3. The molecule has 0 aromatic heterocycles. The summed E-state index contributed by atoms with van der Waals surface area (Å²) >= 11 is 0. The molecule has 0 saturated carbocycles. The second-order valence-electron chi connectivity index (χ2n) is 6.97. The maximum atomic E-state index is 12.2. The van der Waals surface area contributed by atoms with Gasteiger partial charge in [0, 0.05) is 18.9 Å². The minimum absolute atomic E-state index is 0.0702. The largest absolute Gasteiger partial charge is 0.392 e. The van der Waals surface area contributed by atoms with Crippen molar-refractivity contribution in [1.29, 1.82) is 0 Å². The minimum Gasteiger partial charge on any atom is -0.392 e. The molecule has 2 aliphatic rings. The van der Waals surface area contributed by atoms with E-state index in [1.165, 1.54) is 11.1 Å². The van der Waals surface area contributed by atoms with Crippen molar-refractivity contribution in [2.75, 3.05) is 6.54 Å². The molecule has 0 spiro atoms. The average molecular weight is 327 g/mol. The SMILES string of the molecule is CC(C)C1C=C(C(N)=Nc2ccc3c(c2)CNCC3)C(=O)CC1O. The van der Waals surface area contributed by atoms with E-state index in [4.69, 9.17) is 5.73 Å². The van der Waals surface area contributed by atoms with Gasteiger partial charge in [-0.25, -0.2) is 4.99 Å². The predicted octanol–water partition coefficient (Wildman–Crippen LogP) is 1.85. The van der Waals surface area contributed by atoms with E-state index >= 15 is 0 Å². The van der Waals surface area contributed by atoms with E-state index in [0.717, 1.165) is 25.2 Å². The van der Waals surface area contributed by atoms with E-state index in [2.05, 4.69) is 16.4 Å². The van der Waals surface area contributed by atoms with Crippen LogP contribution < -0.4 is 11.1 Å². The van der Waals surface area contributed by atoms with Gasteiger partial charge in [-0.2, -0.15) is 0 Å². The molecule has 128 valence electrons. The molecule has 2 unspecified atom stereocenters. The average Bonchev–Trinajstić information content (AvgIpc) is 2.54. The van der Waals surface area contributed by atoms with Crippen molar-refractivity contribution in [3.63, 3.8) is 0 Å². The predicted molar refractivity (Wildman–Crippen MR) is 95.2 cm³/mol. The molecule has 0 amide bonds. The molecule has 1 aliphatic heterocycles. The van der Waals surface area contributed by atoms with Crippen molar-refractivity contribution >= 4 is 17.3 Å². The summed E-state index contributed by atoms with van der Waals surface area (Å²) < 4.78 is 0. The minimum atomic E-state index is -0.635. The van der Waals surface area contributed by atoms with E-state index in [-0.39, 0.29) is 29.9 Å². The Morgan fingerprint density at radius 3 is 2.92 bits per heavy atom. The molecular weight excluding hydrogens is 302 g/mol. The van der Waals surface area contributed by atoms with Crippen LogP contribution in [-0.2, 0) is 17.8 Å². The molecule has 0 bridgehead atoms. The highest BCUT2D eigenvalue weighted by Gasteiger charge is 2.31. The summed E-state index contributed by atoms with van der Waals surface area (Å²) in [6, 6.07) is 6.05. The third-order valence-electron chi connectivity index (χ3n) is 4.87. The maximum absolute atomic E-state index is 12.2. The Bertz CT molecular complexity index is 707. The van der Waals surface area contributed by atoms with Crippen LogP contribution in [0.4, 0.5) is 5.69 Å². The third-order valence-corrected chi connectivity index (χ3v) is 4.87. The number of ketones is 1. The number of aliphatic imine (C=N–C) groups is 1. The molecule has 0 fully saturated rings. The lowest BCUT2D eigenvalue weighted by Crippen LogP contribution is -2.35. The van der Waals surface area contributed by atoms with E-state index in [0.29, 0.717) is 5.57 Å². The molecular formula is C19H25N3O2. The number of carbonyl (C=O) groups is 1. The zero-order valence-electron chi connectivity index (χ0n) is 14.2. The van der Waals surface area contributed by atoms with E-state index in [1.54, 1.807) is 6.08 Å². The Hall–Kier alpha value is -1.98. The lowest BCUT2D eigenvalue weighted by Gasteiger charge is -2.28. The van der Waals surface area contributed by atoms with Gasteiger partial charge in [-0.3, -0.25) is 4.79 Å². The maximum Gasteiger partial charge on any atom is 0.168 e. The monoisotopic (exact) mass is 327 g/mol. The number of hydrogen-bond acceptors (Lipinski definition) is 4. The van der Waals surface area contributed by atoms with Crippen LogP contribution in [0.5, 0.6) is 0 Å². The topological polar surface area (TPSA) is 87.7 Å². The second-order valence-corrected chi connectivity index (χ2v) is 6.97. The van der Waals surface area contributed by atoms with Crippen LogP contribution in [-0.4, -0.2) is 29.4 Å². The fourth-order valence-electron chi connectivity index (χ4n) is 3.43. The molecule has 1 aromatic rings. The van der Waals surface area contributed by atoms with Crippen molar-refractivity contribution in [3.05, 3.63) is 41.0 Å². The van der Waals surface area contributed by atoms with Gasteiger partial charge in [0.1, 0.15) is 5.84 Å². The number of aliphatic hydroxyl groups is 1. The van der Waals surface area contributed by atoms with Gasteiger partial charge in [-0.1, -0.05) is 26.0 Å². The number of nitrogens with one attached hydrogen (secondary N) is 1. The first-order chi connectivity index (χ1) is 11.5. The fourth-order valence-corrected chi connectivity index (χ4v) is 3.43. The number of amidine groups is 1. The Balaban J connectivity index is 1.89. The smallest absolute Gasteiger partial charge is 0.168 e. The summed E-state index contributed by atoms with van der Waals surface area (Å²) in [5.41, 5.74) is 9.88. The Labute approximate surface area is 142 Å². The number of benzene rings is 1. The van der Waals surface area contributed by atoms with Gasteiger partial charge in [0.05, 0.1) is 17.4 Å². The van der Waals surface area contributed by atoms with E-state index < -0.39 is 6.10 Å². The van der Waals surface area contributed by atoms with Crippen molar-refractivity contribution < 1.29 is 9.90 Å². The highest BCUT2D eigenvalue weighted by molar-refractivity contribution is 6.22. The molecule has 1 aromatic carbocycles. The Morgan fingerprint density at radius 1 is 1.38 bits per heavy atom. The molecule has 5 nitrogen and oxygen atoms in total. The van der Waals surface area contributed by atoms with Crippen molar-refractivity contribution in [1.82, 2.24) is 5.32 Å². The fraction of sp³-hybridized carbons (Fsp3) is 0.474. The van der Waals surface area contributed by atoms with Crippen molar-refractivity contribution in [2.45, 2.75) is 39.3 Å². The van der Waals surface area contributed by atoms with Gasteiger partial charge < -0.3 is 16.2 Å². The first-order valence-corrected chi connectivity index (χ1v) is 8.56. The highest BCUT2D eigenvalue weighted by Crippen LogP contribution is 2.28. The van der Waals surface area contributed by atoms with Crippen molar-refractivity contribution in [3.8, 4) is 0 Å². The summed E-state index contributed by atoms with van der Waals surface area (Å²) in [5.74, 6) is 0.270. The van der Waals surface area contributed by atoms with E-state index in [1.807, 2.05) is 26.0 Å². The number of nitrogens with two attached hydrogens (primary N) is 1. The number of aliphatic hydroxyl groups excluding tert-OH is 1. The van der Waals surface area contributed by atoms with Crippen molar-refractivity contribution in [2.24, 2.45) is 22.6 Å². The van der Waals surface area contributed by atoms with Crippen LogP contribution in [0.3, 0.4) is 0 Å². The quantitative estimate of drug-likeness (QED) is 0.584. The normalized spacial score (nSPS) is 24.8. The molecule has 4 N–H and O–H groups in total. The number of rotatable bonds is 3. The van der Waals surface area contributed by atoms with Gasteiger partial charge in [-0.15, -0.1) is 0 Å². The van der Waals surface area contributed by atoms with Crippen LogP contribution in [0.1, 0.15) is 31.4 Å². The molecule has 0 radical (unpaired) electrons. The summed E-state index contributed by atoms with van der Waals surface area (Å²) in [4.78, 5) is 16.7. The van der Waals surface area contributed by atoms with Crippen LogP contribution >= 0.6 is 0 Å². The lowest BCUT2D eigenvalue weighted by atomic mass is 9.80. The van der Waals surface area contributed by atoms with Gasteiger partial charge in [0.25, 0.3) is 0 Å².